The average Bonchev–Trinajstić information content (AvgIpc) is 3.71. The van der Waals surface area contributed by atoms with Crippen LogP contribution in [0.4, 0.5) is 17.1 Å². The zero-order valence-corrected chi connectivity index (χ0v) is 24.4. The molecule has 0 fully saturated rings. The Kier molecular flexibility index (Phi) is 5.67. The van der Waals surface area contributed by atoms with Crippen molar-refractivity contribution in [1.29, 1.82) is 0 Å². The molecular formula is C38H25N5S. The molecule has 6 heteroatoms. The molecule has 1 aliphatic rings. The molecule has 0 bridgehead atoms. The maximum absolute atomic E-state index is 4.56. The second-order valence-corrected chi connectivity index (χ2v) is 11.9. The molecule has 9 rings (SSSR count). The van der Waals surface area contributed by atoms with Gasteiger partial charge in [0.1, 0.15) is 5.69 Å². The van der Waals surface area contributed by atoms with Crippen LogP contribution < -0.4 is 4.90 Å². The van der Waals surface area contributed by atoms with Crippen LogP contribution in [0, 0.1) is 0 Å². The van der Waals surface area contributed by atoms with E-state index in [1.807, 2.05) is 22.6 Å². The molecule has 0 radical (unpaired) electrons. The predicted molar refractivity (Wildman–Crippen MR) is 180 cm³/mol. The molecule has 0 unspecified atom stereocenters. The second-order valence-electron chi connectivity index (χ2n) is 10.9. The first-order chi connectivity index (χ1) is 21.8. The van der Waals surface area contributed by atoms with Crippen LogP contribution in [0.15, 0.2) is 162 Å². The van der Waals surface area contributed by atoms with Crippen molar-refractivity contribution < 1.29 is 0 Å². The zero-order chi connectivity index (χ0) is 29.0. The number of para-hydroxylation sites is 4. The highest BCUT2D eigenvalue weighted by Crippen LogP contribution is 2.51. The first-order valence-electron chi connectivity index (χ1n) is 14.6. The van der Waals surface area contributed by atoms with Gasteiger partial charge in [0, 0.05) is 37.5 Å². The summed E-state index contributed by atoms with van der Waals surface area (Å²) in [6.07, 6.45) is 2.00. The quantitative estimate of drug-likeness (QED) is 0.207. The van der Waals surface area contributed by atoms with Crippen molar-refractivity contribution in [2.45, 2.75) is 9.79 Å². The number of benzene rings is 6. The molecule has 8 aromatic rings. The Hall–Kier alpha value is -5.59. The Morgan fingerprint density at radius 1 is 0.500 bits per heavy atom. The molecule has 0 amide bonds. The third-order valence-electron chi connectivity index (χ3n) is 8.28. The van der Waals surface area contributed by atoms with Gasteiger partial charge in [0.15, 0.2) is 0 Å². The smallest absolute Gasteiger partial charge is 0.113 e. The Labute approximate surface area is 258 Å². The minimum atomic E-state index is 0.828. The Morgan fingerprint density at radius 2 is 1.09 bits per heavy atom. The van der Waals surface area contributed by atoms with Crippen molar-refractivity contribution in [2.75, 3.05) is 4.90 Å². The molecule has 208 valence electrons. The molecule has 2 aromatic heterocycles. The van der Waals surface area contributed by atoms with E-state index < -0.39 is 0 Å². The number of fused-ring (bicyclic) bond motifs is 5. The van der Waals surface area contributed by atoms with E-state index in [1.54, 1.807) is 0 Å². The molecule has 1 aliphatic heterocycles. The van der Waals surface area contributed by atoms with Gasteiger partial charge in [-0.3, -0.25) is 0 Å². The Bertz CT molecular complexity index is 2230. The summed E-state index contributed by atoms with van der Waals surface area (Å²) >= 11 is 1.82. The normalized spacial score (nSPS) is 12.4. The lowest BCUT2D eigenvalue weighted by Gasteiger charge is -2.32. The van der Waals surface area contributed by atoms with Crippen LogP contribution in [0.25, 0.3) is 44.4 Å². The number of hydrogen-bond acceptors (Lipinski definition) is 4. The van der Waals surface area contributed by atoms with Gasteiger partial charge in [0.05, 0.1) is 34.3 Å². The van der Waals surface area contributed by atoms with Crippen molar-refractivity contribution in [3.8, 4) is 22.6 Å². The summed E-state index contributed by atoms with van der Waals surface area (Å²) in [6.45, 7) is 0. The zero-order valence-electron chi connectivity index (χ0n) is 23.6. The van der Waals surface area contributed by atoms with E-state index in [9.17, 15) is 0 Å². The molecular weight excluding hydrogens is 559 g/mol. The minimum Gasteiger partial charge on any atom is -0.309 e. The predicted octanol–water partition coefficient (Wildman–Crippen LogP) is 9.97. The van der Waals surface area contributed by atoms with Gasteiger partial charge in [-0.2, -0.15) is 0 Å². The highest BCUT2D eigenvalue weighted by atomic mass is 32.2. The fraction of sp³-hybridized carbons (Fsp3) is 0. The van der Waals surface area contributed by atoms with Crippen LogP contribution in [-0.4, -0.2) is 19.6 Å². The Balaban J connectivity index is 1.06. The van der Waals surface area contributed by atoms with Crippen LogP contribution in [-0.2, 0) is 0 Å². The van der Waals surface area contributed by atoms with Crippen LogP contribution in [0.2, 0.25) is 0 Å². The van der Waals surface area contributed by atoms with E-state index in [0.29, 0.717) is 0 Å². The molecule has 5 nitrogen and oxygen atoms in total. The van der Waals surface area contributed by atoms with Gasteiger partial charge in [-0.25, -0.2) is 4.68 Å². The Morgan fingerprint density at radius 3 is 1.77 bits per heavy atom. The third-order valence-corrected chi connectivity index (χ3v) is 9.41. The van der Waals surface area contributed by atoms with E-state index >= 15 is 0 Å². The summed E-state index contributed by atoms with van der Waals surface area (Å²) in [5.74, 6) is 0. The highest BCUT2D eigenvalue weighted by Gasteiger charge is 2.24. The van der Waals surface area contributed by atoms with Gasteiger partial charge >= 0.3 is 0 Å². The number of rotatable bonds is 4. The van der Waals surface area contributed by atoms with Gasteiger partial charge in [-0.05, 0) is 66.7 Å². The van der Waals surface area contributed by atoms with Crippen molar-refractivity contribution in [3.63, 3.8) is 0 Å². The lowest BCUT2D eigenvalue weighted by Crippen LogP contribution is -2.14. The number of anilines is 3. The fourth-order valence-corrected chi connectivity index (χ4v) is 7.32. The summed E-state index contributed by atoms with van der Waals surface area (Å²) in [7, 11) is 0. The largest absolute Gasteiger partial charge is 0.309 e. The van der Waals surface area contributed by atoms with Gasteiger partial charge in [-0.1, -0.05) is 95.8 Å². The van der Waals surface area contributed by atoms with Gasteiger partial charge < -0.3 is 9.47 Å². The molecule has 0 saturated carbocycles. The first-order valence-corrected chi connectivity index (χ1v) is 15.4. The number of hydrogen-bond donors (Lipinski definition) is 0. The van der Waals surface area contributed by atoms with Crippen molar-refractivity contribution in [2.24, 2.45) is 0 Å². The van der Waals surface area contributed by atoms with Crippen LogP contribution >= 0.6 is 11.8 Å². The molecule has 44 heavy (non-hydrogen) atoms. The SMILES string of the molecule is c1cc(-n2cc(-c3ccc(N4c5ccccc5Sc5ccccc54)cc3)nn2)cc(-n2c3ccccc3c3ccccc32)c1. The van der Waals surface area contributed by atoms with Crippen LogP contribution in [0.3, 0.4) is 0 Å². The van der Waals surface area contributed by atoms with E-state index in [2.05, 4.69) is 165 Å². The maximum Gasteiger partial charge on any atom is 0.113 e. The van der Waals surface area contributed by atoms with Gasteiger partial charge in [0.25, 0.3) is 0 Å². The lowest BCUT2D eigenvalue weighted by molar-refractivity contribution is 0.803. The molecule has 0 N–H and O–H groups in total. The summed E-state index contributed by atoms with van der Waals surface area (Å²) in [6, 6.07) is 51.3. The fourth-order valence-electron chi connectivity index (χ4n) is 6.26. The molecule has 0 atom stereocenters. The van der Waals surface area contributed by atoms with E-state index in [-0.39, 0.29) is 0 Å². The summed E-state index contributed by atoms with van der Waals surface area (Å²) in [5.41, 5.74) is 9.75. The molecule has 0 aliphatic carbocycles. The minimum absolute atomic E-state index is 0.828. The first kappa shape index (κ1) is 25.0. The molecule has 6 aromatic carbocycles. The summed E-state index contributed by atoms with van der Waals surface area (Å²) in [5, 5.41) is 11.6. The average molecular weight is 584 g/mol. The van der Waals surface area contributed by atoms with Crippen LogP contribution in [0.5, 0.6) is 0 Å². The molecule has 3 heterocycles. The standard InChI is InChI=1S/C38H25N5S/c1-3-14-33-30(12-1)31-13-2-4-15-34(31)43(33)29-11-9-10-28(24-29)41-25-32(39-40-41)26-20-22-27(23-21-26)42-35-16-5-7-18-37(35)44-38-19-8-6-17-36(38)42/h1-25H. The van der Waals surface area contributed by atoms with Gasteiger partial charge in [-0.15, -0.1) is 5.10 Å². The van der Waals surface area contributed by atoms with E-state index in [0.717, 1.165) is 28.3 Å². The van der Waals surface area contributed by atoms with E-state index in [1.165, 1.54) is 43.0 Å². The number of nitrogens with zero attached hydrogens (tertiary/aromatic N) is 5. The van der Waals surface area contributed by atoms with Crippen molar-refractivity contribution in [1.82, 2.24) is 19.6 Å². The lowest BCUT2D eigenvalue weighted by atomic mass is 10.1. The van der Waals surface area contributed by atoms with Crippen molar-refractivity contribution >= 4 is 50.6 Å². The van der Waals surface area contributed by atoms with Gasteiger partial charge in [0.2, 0.25) is 0 Å². The summed E-state index contributed by atoms with van der Waals surface area (Å²) < 4.78 is 4.18. The maximum atomic E-state index is 4.56. The topological polar surface area (TPSA) is 38.9 Å². The second kappa shape index (κ2) is 10.0. The molecule has 0 spiro atoms. The molecule has 0 saturated heterocycles. The third kappa shape index (κ3) is 3.96. The van der Waals surface area contributed by atoms with Crippen LogP contribution in [0.1, 0.15) is 0 Å². The highest BCUT2D eigenvalue weighted by molar-refractivity contribution is 7.99. The van der Waals surface area contributed by atoms with E-state index in [4.69, 9.17) is 0 Å². The van der Waals surface area contributed by atoms with Crippen molar-refractivity contribution in [3.05, 3.63) is 152 Å². The summed E-state index contributed by atoms with van der Waals surface area (Å²) in [4.78, 5) is 4.84. The monoisotopic (exact) mass is 583 g/mol. The number of aromatic nitrogens is 4.